The topological polar surface area (TPSA) is 89.4 Å². The molecule has 170 valence electrons. The van der Waals surface area contributed by atoms with Crippen LogP contribution in [0.2, 0.25) is 0 Å². The predicted molar refractivity (Wildman–Crippen MR) is 123 cm³/mol. The van der Waals surface area contributed by atoms with Gasteiger partial charge in [0.25, 0.3) is 11.6 Å². The molecule has 0 N–H and O–H groups in total. The van der Waals surface area contributed by atoms with E-state index in [1.54, 1.807) is 25.1 Å². The molecule has 5 aromatic rings. The molecule has 1 aromatic carbocycles. The van der Waals surface area contributed by atoms with E-state index >= 15 is 0 Å². The van der Waals surface area contributed by atoms with Crippen LogP contribution in [-0.2, 0) is 0 Å². The quantitative estimate of drug-likeness (QED) is 0.400. The van der Waals surface area contributed by atoms with Gasteiger partial charge in [-0.1, -0.05) is 11.2 Å². The number of carbonyl (C=O) groups is 1. The summed E-state index contributed by atoms with van der Waals surface area (Å²) in [5.74, 6) is 0.736. The summed E-state index contributed by atoms with van der Waals surface area (Å²) in [6.45, 7) is 3.00. The number of hydrogen-bond acceptors (Lipinski definition) is 6. The molecule has 0 radical (unpaired) electrons. The van der Waals surface area contributed by atoms with Crippen LogP contribution < -0.4 is 0 Å². The second-order valence-corrected chi connectivity index (χ2v) is 8.56. The van der Waals surface area contributed by atoms with Crippen LogP contribution in [0.4, 0.5) is 4.39 Å². The van der Waals surface area contributed by atoms with E-state index in [2.05, 4.69) is 20.3 Å². The van der Waals surface area contributed by atoms with Crippen LogP contribution in [0, 0.1) is 12.7 Å². The molecule has 0 spiro atoms. The van der Waals surface area contributed by atoms with Crippen molar-refractivity contribution in [3.63, 3.8) is 0 Å². The van der Waals surface area contributed by atoms with Gasteiger partial charge in [-0.05, 0) is 62.2 Å². The number of fused-ring (bicyclic) bond motifs is 2. The van der Waals surface area contributed by atoms with Gasteiger partial charge in [0.2, 0.25) is 0 Å². The average molecular weight is 456 g/mol. The highest BCUT2D eigenvalue weighted by molar-refractivity contribution is 6.07. The third kappa shape index (κ3) is 3.40. The highest BCUT2D eigenvalue weighted by atomic mass is 19.1. The number of hydrogen-bond donors (Lipinski definition) is 0. The number of pyridine rings is 2. The van der Waals surface area contributed by atoms with Crippen LogP contribution in [0.3, 0.4) is 0 Å². The van der Waals surface area contributed by atoms with Crippen molar-refractivity contribution in [2.24, 2.45) is 0 Å². The molecule has 1 amide bonds. The van der Waals surface area contributed by atoms with Crippen molar-refractivity contribution in [1.29, 1.82) is 0 Å². The molecule has 0 aliphatic carbocycles. The summed E-state index contributed by atoms with van der Waals surface area (Å²) >= 11 is 0. The standard InChI is InChI=1S/C25H21FN6O2/c1-15-22-19(14-20(27-24(22)34-30-15)16-5-7-18(26)8-6-16)25(33)31-12-9-17(10-13-31)23-29-28-21-4-2-3-11-32(21)23/h2-8,11,14,17H,9-10,12-13H2,1H3. The van der Waals surface area contributed by atoms with Crippen molar-refractivity contribution >= 4 is 22.7 Å². The minimum absolute atomic E-state index is 0.0911. The van der Waals surface area contributed by atoms with Gasteiger partial charge in [0, 0.05) is 30.8 Å². The van der Waals surface area contributed by atoms with Gasteiger partial charge in [0.05, 0.1) is 22.3 Å². The van der Waals surface area contributed by atoms with E-state index in [0.29, 0.717) is 46.7 Å². The molecule has 1 aliphatic rings. The Hall–Kier alpha value is -4.14. The molecule has 0 unspecified atom stereocenters. The van der Waals surface area contributed by atoms with Gasteiger partial charge in [0.15, 0.2) is 5.65 Å². The second kappa shape index (κ2) is 8.02. The number of aryl methyl sites for hydroxylation is 1. The molecule has 0 saturated carbocycles. The number of amides is 1. The third-order valence-corrected chi connectivity index (χ3v) is 6.47. The van der Waals surface area contributed by atoms with Gasteiger partial charge in [-0.3, -0.25) is 9.20 Å². The number of aromatic nitrogens is 5. The lowest BCUT2D eigenvalue weighted by atomic mass is 9.95. The Balaban J connectivity index is 1.29. The Morgan fingerprint density at radius 2 is 1.88 bits per heavy atom. The van der Waals surface area contributed by atoms with Gasteiger partial charge in [-0.15, -0.1) is 10.2 Å². The van der Waals surface area contributed by atoms with Gasteiger partial charge in [-0.25, -0.2) is 9.37 Å². The Kier molecular flexibility index (Phi) is 4.83. The van der Waals surface area contributed by atoms with E-state index < -0.39 is 0 Å². The highest BCUT2D eigenvalue weighted by Crippen LogP contribution is 2.31. The molecule has 0 bridgehead atoms. The van der Waals surface area contributed by atoms with Gasteiger partial charge in [0.1, 0.15) is 11.6 Å². The molecule has 9 heteroatoms. The lowest BCUT2D eigenvalue weighted by Crippen LogP contribution is -2.38. The average Bonchev–Trinajstić information content (AvgIpc) is 3.47. The summed E-state index contributed by atoms with van der Waals surface area (Å²) in [7, 11) is 0. The summed E-state index contributed by atoms with van der Waals surface area (Å²) in [4.78, 5) is 20.0. The van der Waals surface area contributed by atoms with Crippen molar-refractivity contribution in [2.45, 2.75) is 25.7 Å². The first-order valence-corrected chi connectivity index (χ1v) is 11.2. The third-order valence-electron chi connectivity index (χ3n) is 6.47. The van der Waals surface area contributed by atoms with Gasteiger partial charge in [-0.2, -0.15) is 0 Å². The van der Waals surface area contributed by atoms with Crippen LogP contribution >= 0.6 is 0 Å². The van der Waals surface area contributed by atoms with Crippen molar-refractivity contribution in [1.82, 2.24) is 29.6 Å². The van der Waals surface area contributed by atoms with Crippen LogP contribution in [0.1, 0.15) is 40.6 Å². The van der Waals surface area contributed by atoms with E-state index in [1.807, 2.05) is 33.7 Å². The molecule has 1 aliphatic heterocycles. The SMILES string of the molecule is Cc1noc2nc(-c3ccc(F)cc3)cc(C(=O)N3CCC(c4nnc5ccccn45)CC3)c12. The minimum atomic E-state index is -0.333. The zero-order chi connectivity index (χ0) is 23.2. The highest BCUT2D eigenvalue weighted by Gasteiger charge is 2.29. The van der Waals surface area contributed by atoms with Crippen LogP contribution in [0.25, 0.3) is 28.0 Å². The Labute approximate surface area is 194 Å². The summed E-state index contributed by atoms with van der Waals surface area (Å²) in [5.41, 5.74) is 3.47. The van der Waals surface area contributed by atoms with Crippen LogP contribution in [-0.4, -0.2) is 48.6 Å². The van der Waals surface area contributed by atoms with Gasteiger partial charge >= 0.3 is 0 Å². The maximum atomic E-state index is 13.6. The van der Waals surface area contributed by atoms with E-state index in [1.165, 1.54) is 12.1 Å². The Morgan fingerprint density at radius 3 is 2.68 bits per heavy atom. The summed E-state index contributed by atoms with van der Waals surface area (Å²) in [6, 6.07) is 13.6. The minimum Gasteiger partial charge on any atom is -0.339 e. The number of carbonyl (C=O) groups excluding carboxylic acids is 1. The summed E-state index contributed by atoms with van der Waals surface area (Å²) < 4.78 is 20.8. The second-order valence-electron chi connectivity index (χ2n) is 8.56. The fourth-order valence-electron chi connectivity index (χ4n) is 4.68. The molecular weight excluding hydrogens is 435 g/mol. The van der Waals surface area contributed by atoms with Gasteiger partial charge < -0.3 is 9.42 Å². The Bertz CT molecular complexity index is 1520. The first-order valence-electron chi connectivity index (χ1n) is 11.2. The van der Waals surface area contributed by atoms with Crippen molar-refractivity contribution in [2.75, 3.05) is 13.1 Å². The van der Waals surface area contributed by atoms with Crippen LogP contribution in [0.15, 0.2) is 59.3 Å². The maximum absolute atomic E-state index is 13.6. The lowest BCUT2D eigenvalue weighted by molar-refractivity contribution is 0.0712. The molecule has 6 rings (SSSR count). The zero-order valence-corrected chi connectivity index (χ0v) is 18.5. The molecule has 34 heavy (non-hydrogen) atoms. The fourth-order valence-corrected chi connectivity index (χ4v) is 4.68. The lowest BCUT2D eigenvalue weighted by Gasteiger charge is -2.31. The monoisotopic (exact) mass is 456 g/mol. The molecule has 8 nitrogen and oxygen atoms in total. The molecule has 1 fully saturated rings. The molecular formula is C25H21FN6O2. The van der Waals surface area contributed by atoms with E-state index in [0.717, 1.165) is 24.3 Å². The normalized spacial score (nSPS) is 14.8. The summed E-state index contributed by atoms with van der Waals surface area (Å²) in [6.07, 6.45) is 3.56. The van der Waals surface area contributed by atoms with E-state index in [9.17, 15) is 9.18 Å². The summed E-state index contributed by atoms with van der Waals surface area (Å²) in [5, 5.41) is 13.3. The molecule has 1 saturated heterocycles. The van der Waals surface area contributed by atoms with Crippen molar-refractivity contribution in [3.8, 4) is 11.3 Å². The smallest absolute Gasteiger partial charge is 0.259 e. The van der Waals surface area contributed by atoms with Crippen molar-refractivity contribution < 1.29 is 13.7 Å². The Morgan fingerprint density at radius 1 is 1.09 bits per heavy atom. The first-order chi connectivity index (χ1) is 16.6. The molecule has 5 heterocycles. The number of halogens is 1. The first kappa shape index (κ1) is 20.5. The zero-order valence-electron chi connectivity index (χ0n) is 18.5. The number of piperidine rings is 1. The van der Waals surface area contributed by atoms with E-state index in [4.69, 9.17) is 4.52 Å². The number of rotatable bonds is 3. The fraction of sp³-hybridized carbons (Fsp3) is 0.240. The molecule has 4 aromatic heterocycles. The maximum Gasteiger partial charge on any atom is 0.259 e. The number of likely N-dealkylation sites (tertiary alicyclic amines) is 1. The number of nitrogens with zero attached hydrogens (tertiary/aromatic N) is 6. The number of benzene rings is 1. The van der Waals surface area contributed by atoms with Crippen molar-refractivity contribution in [3.05, 3.63) is 77.6 Å². The molecule has 0 atom stereocenters. The van der Waals surface area contributed by atoms with Crippen LogP contribution in [0.5, 0.6) is 0 Å². The van der Waals surface area contributed by atoms with E-state index in [-0.39, 0.29) is 17.6 Å². The predicted octanol–water partition coefficient (Wildman–Crippen LogP) is 4.40. The largest absolute Gasteiger partial charge is 0.339 e.